The monoisotopic (exact) mass is 348 g/mol. The third-order valence-electron chi connectivity index (χ3n) is 4.65. The lowest BCUT2D eigenvalue weighted by atomic mass is 10.1. The summed E-state index contributed by atoms with van der Waals surface area (Å²) in [5.41, 5.74) is 2.54. The van der Waals surface area contributed by atoms with Crippen molar-refractivity contribution in [1.82, 2.24) is 24.6 Å². The summed E-state index contributed by atoms with van der Waals surface area (Å²) in [5.74, 6) is 1.02. The number of piperazine rings is 1. The first-order valence-corrected chi connectivity index (χ1v) is 8.64. The number of hydrogen-bond donors (Lipinski definition) is 0. The van der Waals surface area contributed by atoms with Crippen LogP contribution >= 0.6 is 0 Å². The number of nitrogens with zero attached hydrogens (tertiary/aromatic N) is 6. The highest BCUT2D eigenvalue weighted by molar-refractivity contribution is 5.97. The topological polar surface area (TPSA) is 67.2 Å². The summed E-state index contributed by atoms with van der Waals surface area (Å²) in [6, 6.07) is 11.5. The number of carbonyl (C=O) groups excluding carboxylic acids is 1. The van der Waals surface area contributed by atoms with E-state index in [1.807, 2.05) is 41.4 Å². The van der Waals surface area contributed by atoms with Gasteiger partial charge in [-0.3, -0.25) is 4.79 Å². The van der Waals surface area contributed by atoms with Crippen molar-refractivity contribution in [3.05, 3.63) is 66.4 Å². The zero-order chi connectivity index (χ0) is 17.9. The van der Waals surface area contributed by atoms with Crippen molar-refractivity contribution in [3.63, 3.8) is 0 Å². The van der Waals surface area contributed by atoms with E-state index >= 15 is 0 Å². The zero-order valence-corrected chi connectivity index (χ0v) is 14.6. The van der Waals surface area contributed by atoms with Crippen molar-refractivity contribution < 1.29 is 4.79 Å². The Kier molecular flexibility index (Phi) is 4.35. The Bertz CT molecular complexity index is 900. The van der Waals surface area contributed by atoms with Gasteiger partial charge in [0.2, 0.25) is 0 Å². The van der Waals surface area contributed by atoms with Crippen molar-refractivity contribution in [3.8, 4) is 5.69 Å². The Morgan fingerprint density at radius 3 is 2.58 bits per heavy atom. The lowest BCUT2D eigenvalue weighted by Gasteiger charge is -2.36. The number of para-hydroxylation sites is 1. The first kappa shape index (κ1) is 16.3. The molecular formula is C19H20N6O. The Balaban J connectivity index is 1.51. The molecular weight excluding hydrogens is 328 g/mol. The standard InChI is InChI=1S/C19H20N6O/c1-15-5-4-8-21-18(15)23-9-11-24(12-10-23)19(26)16-6-2-3-7-17(16)25-14-20-13-22-25/h2-8,13-14H,9-12H2,1H3. The normalized spacial score (nSPS) is 14.5. The first-order valence-electron chi connectivity index (χ1n) is 8.64. The van der Waals surface area contributed by atoms with Crippen LogP contribution in [-0.4, -0.2) is 56.7 Å². The molecule has 7 heteroatoms. The number of aromatic nitrogens is 4. The number of aryl methyl sites for hydroxylation is 1. The molecule has 1 aromatic carbocycles. The summed E-state index contributed by atoms with van der Waals surface area (Å²) >= 11 is 0. The number of anilines is 1. The third kappa shape index (κ3) is 3.03. The zero-order valence-electron chi connectivity index (χ0n) is 14.6. The summed E-state index contributed by atoms with van der Waals surface area (Å²) in [7, 11) is 0. The molecule has 1 aliphatic heterocycles. The number of rotatable bonds is 3. The molecule has 0 radical (unpaired) electrons. The van der Waals surface area contributed by atoms with Crippen LogP contribution in [0.4, 0.5) is 5.82 Å². The molecule has 1 aliphatic rings. The quantitative estimate of drug-likeness (QED) is 0.724. The molecule has 0 N–H and O–H groups in total. The maximum absolute atomic E-state index is 13.1. The second kappa shape index (κ2) is 6.95. The van der Waals surface area contributed by atoms with Gasteiger partial charge in [-0.1, -0.05) is 18.2 Å². The van der Waals surface area contributed by atoms with Crippen molar-refractivity contribution in [1.29, 1.82) is 0 Å². The summed E-state index contributed by atoms with van der Waals surface area (Å²) in [6.45, 7) is 4.94. The molecule has 0 spiro atoms. The van der Waals surface area contributed by atoms with Gasteiger partial charge in [-0.2, -0.15) is 5.10 Å². The summed E-state index contributed by atoms with van der Waals surface area (Å²) in [4.78, 5) is 25.6. The fourth-order valence-corrected chi connectivity index (χ4v) is 3.29. The predicted molar refractivity (Wildman–Crippen MR) is 98.4 cm³/mol. The fourth-order valence-electron chi connectivity index (χ4n) is 3.29. The van der Waals surface area contributed by atoms with E-state index in [2.05, 4.69) is 33.0 Å². The van der Waals surface area contributed by atoms with Gasteiger partial charge in [0.05, 0.1) is 11.3 Å². The number of hydrogen-bond acceptors (Lipinski definition) is 5. The highest BCUT2D eigenvalue weighted by Gasteiger charge is 2.25. The van der Waals surface area contributed by atoms with Gasteiger partial charge in [0.15, 0.2) is 0 Å². The van der Waals surface area contributed by atoms with E-state index in [1.54, 1.807) is 11.0 Å². The van der Waals surface area contributed by atoms with Crippen LogP contribution in [0.15, 0.2) is 55.2 Å². The van der Waals surface area contributed by atoms with Crippen molar-refractivity contribution >= 4 is 11.7 Å². The number of carbonyl (C=O) groups is 1. The van der Waals surface area contributed by atoms with E-state index in [4.69, 9.17) is 0 Å². The van der Waals surface area contributed by atoms with E-state index < -0.39 is 0 Å². The van der Waals surface area contributed by atoms with Crippen LogP contribution in [0.5, 0.6) is 0 Å². The average molecular weight is 348 g/mol. The molecule has 7 nitrogen and oxygen atoms in total. The molecule has 1 amide bonds. The largest absolute Gasteiger partial charge is 0.353 e. The molecule has 0 atom stereocenters. The SMILES string of the molecule is Cc1cccnc1N1CCN(C(=O)c2ccccc2-n2cncn2)CC1. The van der Waals surface area contributed by atoms with Crippen molar-refractivity contribution in [2.24, 2.45) is 0 Å². The van der Waals surface area contributed by atoms with Gasteiger partial charge in [0.25, 0.3) is 5.91 Å². The van der Waals surface area contributed by atoms with E-state index in [1.165, 1.54) is 6.33 Å². The maximum Gasteiger partial charge on any atom is 0.256 e. The molecule has 2 aromatic heterocycles. The number of benzene rings is 1. The molecule has 0 saturated carbocycles. The second-order valence-electron chi connectivity index (χ2n) is 6.28. The molecule has 0 bridgehead atoms. The minimum absolute atomic E-state index is 0.0218. The molecule has 132 valence electrons. The van der Waals surface area contributed by atoms with E-state index in [0.717, 1.165) is 30.2 Å². The first-order chi connectivity index (χ1) is 12.7. The molecule has 0 unspecified atom stereocenters. The number of amides is 1. The van der Waals surface area contributed by atoms with Crippen LogP contribution in [0, 0.1) is 6.92 Å². The molecule has 26 heavy (non-hydrogen) atoms. The van der Waals surface area contributed by atoms with Crippen molar-refractivity contribution in [2.45, 2.75) is 6.92 Å². The highest BCUT2D eigenvalue weighted by atomic mass is 16.2. The Hall–Kier alpha value is -3.22. The van der Waals surface area contributed by atoms with Gasteiger partial charge in [-0.15, -0.1) is 0 Å². The molecule has 1 fully saturated rings. The lowest BCUT2D eigenvalue weighted by molar-refractivity contribution is 0.0746. The minimum Gasteiger partial charge on any atom is -0.353 e. The van der Waals surface area contributed by atoms with Gasteiger partial charge in [0.1, 0.15) is 18.5 Å². The summed E-state index contributed by atoms with van der Waals surface area (Å²) in [5, 5.41) is 4.15. The van der Waals surface area contributed by atoms with Gasteiger partial charge in [-0.25, -0.2) is 14.6 Å². The van der Waals surface area contributed by atoms with Crippen LogP contribution < -0.4 is 4.90 Å². The summed E-state index contributed by atoms with van der Waals surface area (Å²) in [6.07, 6.45) is 4.89. The fraction of sp³-hybridized carbons (Fsp3) is 0.263. The Morgan fingerprint density at radius 1 is 1.04 bits per heavy atom. The van der Waals surface area contributed by atoms with Crippen LogP contribution in [0.3, 0.4) is 0 Å². The lowest BCUT2D eigenvalue weighted by Crippen LogP contribution is -2.49. The molecule has 4 rings (SSSR count). The van der Waals surface area contributed by atoms with Crippen LogP contribution in [0.1, 0.15) is 15.9 Å². The van der Waals surface area contributed by atoms with Gasteiger partial charge < -0.3 is 9.80 Å². The molecule has 0 aliphatic carbocycles. The van der Waals surface area contributed by atoms with Crippen LogP contribution in [0.2, 0.25) is 0 Å². The minimum atomic E-state index is 0.0218. The van der Waals surface area contributed by atoms with Gasteiger partial charge in [0, 0.05) is 32.4 Å². The Labute approximate surface area is 151 Å². The van der Waals surface area contributed by atoms with E-state index in [-0.39, 0.29) is 5.91 Å². The average Bonchev–Trinajstić information content (AvgIpc) is 3.23. The number of pyridine rings is 1. The van der Waals surface area contributed by atoms with E-state index in [9.17, 15) is 4.79 Å². The summed E-state index contributed by atoms with van der Waals surface area (Å²) < 4.78 is 1.63. The second-order valence-corrected chi connectivity index (χ2v) is 6.28. The predicted octanol–water partition coefficient (Wildman–Crippen LogP) is 1.93. The molecule has 3 aromatic rings. The highest BCUT2D eigenvalue weighted by Crippen LogP contribution is 2.20. The smallest absolute Gasteiger partial charge is 0.256 e. The van der Waals surface area contributed by atoms with Crippen LogP contribution in [0.25, 0.3) is 5.69 Å². The van der Waals surface area contributed by atoms with Crippen molar-refractivity contribution in [2.75, 3.05) is 31.1 Å². The third-order valence-corrected chi connectivity index (χ3v) is 4.65. The molecule has 3 heterocycles. The van der Waals surface area contributed by atoms with Gasteiger partial charge in [-0.05, 0) is 30.7 Å². The Morgan fingerprint density at radius 2 is 1.85 bits per heavy atom. The maximum atomic E-state index is 13.1. The van der Waals surface area contributed by atoms with Gasteiger partial charge >= 0.3 is 0 Å². The molecule has 1 saturated heterocycles. The van der Waals surface area contributed by atoms with E-state index in [0.29, 0.717) is 18.7 Å². The van der Waals surface area contributed by atoms with Crippen LogP contribution in [-0.2, 0) is 0 Å².